The van der Waals surface area contributed by atoms with Gasteiger partial charge in [-0.3, -0.25) is 9.59 Å². The zero-order chi connectivity index (χ0) is 18.8. The molecule has 3 aromatic rings. The number of hydrogen-bond acceptors (Lipinski definition) is 4. The third-order valence-corrected chi connectivity index (χ3v) is 5.65. The van der Waals surface area contributed by atoms with E-state index in [2.05, 4.69) is 10.3 Å². The number of carbonyl (C=O) groups is 2. The molecule has 1 aromatic carbocycles. The van der Waals surface area contributed by atoms with Crippen molar-refractivity contribution in [2.24, 2.45) is 7.05 Å². The van der Waals surface area contributed by atoms with Crippen LogP contribution in [0, 0.1) is 0 Å². The monoisotopic (exact) mass is 380 g/mol. The first-order chi connectivity index (χ1) is 13.1. The molecule has 7 heteroatoms. The fraction of sp³-hybridized carbons (Fsp3) is 0.250. The number of fused-ring (bicyclic) bond motifs is 1. The van der Waals surface area contributed by atoms with Crippen LogP contribution >= 0.6 is 11.3 Å². The molecule has 138 valence electrons. The lowest BCUT2D eigenvalue weighted by molar-refractivity contribution is -0.126. The van der Waals surface area contributed by atoms with E-state index in [0.29, 0.717) is 25.1 Å². The maximum Gasteiger partial charge on any atom is 0.254 e. The molecule has 0 saturated heterocycles. The second kappa shape index (κ2) is 7.36. The van der Waals surface area contributed by atoms with Gasteiger partial charge in [0.25, 0.3) is 5.91 Å². The number of amides is 2. The second-order valence-corrected chi connectivity index (χ2v) is 7.53. The molecule has 0 bridgehead atoms. The van der Waals surface area contributed by atoms with Crippen molar-refractivity contribution >= 4 is 23.2 Å². The van der Waals surface area contributed by atoms with Crippen LogP contribution in [0.5, 0.6) is 0 Å². The Morgan fingerprint density at radius 3 is 2.78 bits per heavy atom. The molecule has 0 radical (unpaired) electrons. The molecule has 3 heterocycles. The predicted octanol–water partition coefficient (Wildman–Crippen LogP) is 2.54. The summed E-state index contributed by atoms with van der Waals surface area (Å²) < 4.78 is 1.84. The molecule has 1 N–H and O–H groups in total. The van der Waals surface area contributed by atoms with Crippen LogP contribution in [0.3, 0.4) is 0 Å². The van der Waals surface area contributed by atoms with Crippen molar-refractivity contribution in [3.8, 4) is 0 Å². The number of benzene rings is 1. The van der Waals surface area contributed by atoms with Gasteiger partial charge in [0.1, 0.15) is 0 Å². The van der Waals surface area contributed by atoms with Crippen molar-refractivity contribution in [3.63, 3.8) is 0 Å². The average molecular weight is 380 g/mol. The van der Waals surface area contributed by atoms with E-state index in [1.54, 1.807) is 34.7 Å². The zero-order valence-corrected chi connectivity index (χ0v) is 15.8. The van der Waals surface area contributed by atoms with E-state index >= 15 is 0 Å². The van der Waals surface area contributed by atoms with Crippen molar-refractivity contribution in [3.05, 3.63) is 76.0 Å². The molecule has 2 aromatic heterocycles. The molecule has 1 aliphatic rings. The van der Waals surface area contributed by atoms with Gasteiger partial charge in [-0.05, 0) is 23.6 Å². The number of aromatic nitrogens is 2. The van der Waals surface area contributed by atoms with Crippen LogP contribution in [-0.4, -0.2) is 32.8 Å². The lowest BCUT2D eigenvalue weighted by Gasteiger charge is -2.35. The highest BCUT2D eigenvalue weighted by Gasteiger charge is 2.38. The van der Waals surface area contributed by atoms with Gasteiger partial charge in [0.05, 0.1) is 24.3 Å². The quantitative estimate of drug-likeness (QED) is 0.756. The van der Waals surface area contributed by atoms with Gasteiger partial charge in [-0.1, -0.05) is 24.3 Å². The Hall–Kier alpha value is -2.93. The second-order valence-electron chi connectivity index (χ2n) is 6.50. The molecule has 27 heavy (non-hydrogen) atoms. The Labute approximate surface area is 161 Å². The Morgan fingerprint density at radius 1 is 1.22 bits per heavy atom. The minimum Gasteiger partial charge on any atom is -0.349 e. The largest absolute Gasteiger partial charge is 0.349 e. The van der Waals surface area contributed by atoms with Gasteiger partial charge < -0.3 is 14.8 Å². The van der Waals surface area contributed by atoms with Crippen LogP contribution in [0.15, 0.2) is 54.2 Å². The average Bonchev–Trinajstić information content (AvgIpc) is 3.35. The van der Waals surface area contributed by atoms with Crippen molar-refractivity contribution in [1.82, 2.24) is 19.8 Å². The highest BCUT2D eigenvalue weighted by atomic mass is 32.1. The molecule has 0 saturated carbocycles. The summed E-state index contributed by atoms with van der Waals surface area (Å²) in [6.07, 6.45) is 2.35. The van der Waals surface area contributed by atoms with Gasteiger partial charge in [-0.15, -0.1) is 11.3 Å². The topological polar surface area (TPSA) is 67.2 Å². The summed E-state index contributed by atoms with van der Waals surface area (Å²) >= 11 is 1.59. The van der Waals surface area contributed by atoms with E-state index < -0.39 is 6.04 Å². The minimum atomic E-state index is -0.686. The minimum absolute atomic E-state index is 0.140. The summed E-state index contributed by atoms with van der Waals surface area (Å²) in [5, 5.41) is 4.96. The number of hydrogen-bond donors (Lipinski definition) is 1. The summed E-state index contributed by atoms with van der Waals surface area (Å²) in [7, 11) is 1.86. The molecule has 1 aliphatic heterocycles. The van der Waals surface area contributed by atoms with Crippen molar-refractivity contribution < 1.29 is 9.59 Å². The number of imidazole rings is 1. The normalized spacial score (nSPS) is 16.0. The van der Waals surface area contributed by atoms with Gasteiger partial charge >= 0.3 is 0 Å². The molecule has 4 rings (SSSR count). The summed E-state index contributed by atoms with van der Waals surface area (Å²) in [5.74, 6) is -0.323. The zero-order valence-electron chi connectivity index (χ0n) is 15.0. The van der Waals surface area contributed by atoms with E-state index in [-0.39, 0.29) is 11.8 Å². The lowest BCUT2D eigenvalue weighted by Crippen LogP contribution is -2.47. The van der Waals surface area contributed by atoms with Gasteiger partial charge in [-0.25, -0.2) is 4.98 Å². The van der Waals surface area contributed by atoms with E-state index in [0.717, 1.165) is 16.3 Å². The van der Waals surface area contributed by atoms with Crippen LogP contribution in [0.2, 0.25) is 0 Å². The first-order valence-corrected chi connectivity index (χ1v) is 9.69. The lowest BCUT2D eigenvalue weighted by atomic mass is 10.00. The smallest absolute Gasteiger partial charge is 0.254 e. The summed E-state index contributed by atoms with van der Waals surface area (Å²) in [6, 6.07) is 12.3. The Morgan fingerprint density at radius 2 is 2.04 bits per heavy atom. The van der Waals surface area contributed by atoms with Crippen LogP contribution in [-0.2, 0) is 24.8 Å². The van der Waals surface area contributed by atoms with Crippen molar-refractivity contribution in [2.45, 2.75) is 19.0 Å². The van der Waals surface area contributed by atoms with Gasteiger partial charge in [0.2, 0.25) is 5.91 Å². The Balaban J connectivity index is 1.64. The van der Waals surface area contributed by atoms with Gasteiger partial charge in [0.15, 0.2) is 6.04 Å². The summed E-state index contributed by atoms with van der Waals surface area (Å²) in [6.45, 7) is 0.919. The molecule has 6 nitrogen and oxygen atoms in total. The maximum absolute atomic E-state index is 13.1. The first kappa shape index (κ1) is 17.5. The number of aryl methyl sites for hydroxylation is 1. The molecular formula is C20H20N4O2S. The number of carbonyl (C=O) groups excluding carboxylic acids is 2. The predicted molar refractivity (Wildman–Crippen MR) is 103 cm³/mol. The van der Waals surface area contributed by atoms with E-state index in [4.69, 9.17) is 0 Å². The molecular weight excluding hydrogens is 360 g/mol. The van der Waals surface area contributed by atoms with E-state index in [1.807, 2.05) is 47.3 Å². The van der Waals surface area contributed by atoms with Crippen LogP contribution in [0.25, 0.3) is 0 Å². The molecule has 0 spiro atoms. The standard InChI is InChI=1S/C20H20N4O2S/c1-23-13-22-16-9-10-24(20(26)14-6-3-2-4-7-14)18(17(16)23)19(25)21-12-15-8-5-11-27-15/h2-8,11,13,18H,9-10,12H2,1H3,(H,21,25). The SMILES string of the molecule is Cn1cnc2c1C(C(=O)NCc1cccs1)N(C(=O)c1ccccc1)CC2. The number of rotatable bonds is 4. The van der Waals surface area contributed by atoms with Crippen LogP contribution < -0.4 is 5.32 Å². The maximum atomic E-state index is 13.1. The van der Waals surface area contributed by atoms with Gasteiger partial charge in [-0.2, -0.15) is 0 Å². The molecule has 0 fully saturated rings. The fourth-order valence-corrected chi connectivity index (χ4v) is 4.09. The van der Waals surface area contributed by atoms with Crippen molar-refractivity contribution in [1.29, 1.82) is 0 Å². The molecule has 1 atom stereocenters. The fourth-order valence-electron chi connectivity index (χ4n) is 3.45. The van der Waals surface area contributed by atoms with Crippen LogP contribution in [0.1, 0.15) is 32.7 Å². The number of nitrogens with one attached hydrogen (secondary N) is 1. The number of nitrogens with zero attached hydrogens (tertiary/aromatic N) is 3. The highest BCUT2D eigenvalue weighted by molar-refractivity contribution is 7.09. The molecule has 0 aliphatic carbocycles. The van der Waals surface area contributed by atoms with Crippen LogP contribution in [0.4, 0.5) is 0 Å². The Bertz CT molecular complexity index is 950. The first-order valence-electron chi connectivity index (χ1n) is 8.81. The highest BCUT2D eigenvalue weighted by Crippen LogP contribution is 2.30. The third kappa shape index (κ3) is 3.38. The Kier molecular flexibility index (Phi) is 4.77. The number of thiophene rings is 1. The van der Waals surface area contributed by atoms with Gasteiger partial charge in [0, 0.05) is 30.5 Å². The van der Waals surface area contributed by atoms with Crippen molar-refractivity contribution in [2.75, 3.05) is 6.54 Å². The molecule has 2 amide bonds. The molecule has 1 unspecified atom stereocenters. The van der Waals surface area contributed by atoms with E-state index in [9.17, 15) is 9.59 Å². The van der Waals surface area contributed by atoms with E-state index in [1.165, 1.54) is 0 Å². The summed E-state index contributed by atoms with van der Waals surface area (Å²) in [4.78, 5) is 33.4. The summed E-state index contributed by atoms with van der Waals surface area (Å²) in [5.41, 5.74) is 2.25. The third-order valence-electron chi connectivity index (χ3n) is 4.77.